The highest BCUT2D eigenvalue weighted by Crippen LogP contribution is 2.09. The van der Waals surface area contributed by atoms with Crippen molar-refractivity contribution in [2.45, 2.75) is 12.1 Å². The Morgan fingerprint density at radius 3 is 2.43 bits per heavy atom. The molecule has 4 N–H and O–H groups in total. The van der Waals surface area contributed by atoms with Gasteiger partial charge < -0.3 is 10.8 Å². The van der Waals surface area contributed by atoms with Gasteiger partial charge in [-0.1, -0.05) is 0 Å². The third-order valence-electron chi connectivity index (χ3n) is 1.45. The third-order valence-corrected chi connectivity index (χ3v) is 2.80. The van der Waals surface area contributed by atoms with Crippen LogP contribution >= 0.6 is 11.8 Å². The van der Waals surface area contributed by atoms with Crippen molar-refractivity contribution in [2.24, 2.45) is 5.73 Å². The second kappa shape index (κ2) is 4.96. The second-order valence-electron chi connectivity index (χ2n) is 2.89. The molecule has 0 fully saturated rings. The highest BCUT2D eigenvalue weighted by molar-refractivity contribution is 7.98. The van der Waals surface area contributed by atoms with Crippen molar-refractivity contribution in [3.05, 3.63) is 0 Å². The molecule has 1 unspecified atom stereocenters. The smallest absolute Gasteiger partial charge is 0.339 e. The molecule has 0 aliphatic carbocycles. The van der Waals surface area contributed by atoms with Crippen molar-refractivity contribution in [3.8, 4) is 0 Å². The Balaban J connectivity index is 4.65. The number of carboxylic acid groups (broad SMARTS) is 1. The van der Waals surface area contributed by atoms with Crippen LogP contribution in [-0.4, -0.2) is 43.4 Å². The van der Waals surface area contributed by atoms with Crippen LogP contribution < -0.4 is 10.5 Å². The molecule has 1 atom stereocenters. The minimum atomic E-state index is -3.62. The Morgan fingerprint density at radius 1 is 1.64 bits per heavy atom. The zero-order chi connectivity index (χ0) is 11.4. The molecule has 14 heavy (non-hydrogen) atoms. The lowest BCUT2D eigenvalue weighted by atomic mass is 10.1. The molecule has 0 spiro atoms. The molecule has 0 aromatic rings. The third kappa shape index (κ3) is 4.80. The lowest BCUT2D eigenvalue weighted by Crippen LogP contribution is -2.61. The van der Waals surface area contributed by atoms with Gasteiger partial charge in [-0.05, 0) is 18.4 Å². The van der Waals surface area contributed by atoms with Crippen LogP contribution in [0.25, 0.3) is 0 Å². The van der Waals surface area contributed by atoms with Crippen molar-refractivity contribution in [2.75, 3.05) is 18.3 Å². The fraction of sp³-hybridized carbons (Fsp3) is 0.833. The first-order chi connectivity index (χ1) is 6.21. The molecule has 0 aromatic carbocycles. The summed E-state index contributed by atoms with van der Waals surface area (Å²) in [6.45, 7) is 0. The van der Waals surface area contributed by atoms with Gasteiger partial charge in [-0.2, -0.15) is 16.5 Å². The Kier molecular flexibility index (Phi) is 4.85. The first-order valence-corrected chi connectivity index (χ1v) is 7.00. The van der Waals surface area contributed by atoms with E-state index in [9.17, 15) is 13.2 Å². The van der Waals surface area contributed by atoms with E-state index in [1.54, 1.807) is 6.26 Å². The number of rotatable bonds is 6. The average molecular weight is 242 g/mol. The first-order valence-electron chi connectivity index (χ1n) is 3.71. The van der Waals surface area contributed by atoms with Crippen LogP contribution in [0, 0.1) is 0 Å². The number of carboxylic acids is 1. The number of nitrogens with two attached hydrogens (primary N) is 1. The summed E-state index contributed by atoms with van der Waals surface area (Å²) in [6, 6.07) is 0. The molecule has 0 aliphatic rings. The maximum Gasteiger partial charge on any atom is 0.339 e. The molecule has 0 radical (unpaired) electrons. The van der Waals surface area contributed by atoms with Gasteiger partial charge in [-0.25, -0.2) is 13.2 Å². The summed E-state index contributed by atoms with van der Waals surface area (Å²) in [4.78, 5) is 10.7. The Hall–Kier alpha value is -0.310. The number of hydrogen-bond donors (Lipinski definition) is 3. The lowest BCUT2D eigenvalue weighted by molar-refractivity contribution is -0.143. The van der Waals surface area contributed by atoms with Gasteiger partial charge in [0.15, 0.2) is 5.66 Å². The van der Waals surface area contributed by atoms with Crippen molar-refractivity contribution >= 4 is 27.8 Å². The molecule has 0 amide bonds. The molecule has 0 saturated heterocycles. The van der Waals surface area contributed by atoms with E-state index >= 15 is 0 Å². The highest BCUT2D eigenvalue weighted by Gasteiger charge is 2.36. The zero-order valence-electron chi connectivity index (χ0n) is 7.98. The standard InChI is InChI=1S/C6H14N2O4S2/c1-13-4-3-6(7,5(9)10)8-14(2,11)12/h8H,3-4,7H2,1-2H3,(H,9,10). The van der Waals surface area contributed by atoms with Crippen LogP contribution in [0.1, 0.15) is 6.42 Å². The van der Waals surface area contributed by atoms with Gasteiger partial charge in [-0.3, -0.25) is 0 Å². The van der Waals surface area contributed by atoms with Crippen molar-refractivity contribution in [3.63, 3.8) is 0 Å². The molecule has 0 bridgehead atoms. The van der Waals surface area contributed by atoms with Crippen LogP contribution in [0.15, 0.2) is 0 Å². The van der Waals surface area contributed by atoms with E-state index in [1.165, 1.54) is 11.8 Å². The summed E-state index contributed by atoms with van der Waals surface area (Å²) in [5, 5.41) is 8.76. The van der Waals surface area contributed by atoms with Crippen LogP contribution in [0.2, 0.25) is 0 Å². The van der Waals surface area contributed by atoms with E-state index < -0.39 is 21.7 Å². The molecule has 0 aromatic heterocycles. The van der Waals surface area contributed by atoms with Crippen LogP contribution in [0.3, 0.4) is 0 Å². The maximum atomic E-state index is 10.9. The summed E-state index contributed by atoms with van der Waals surface area (Å²) >= 11 is 1.39. The molecule has 0 saturated carbocycles. The van der Waals surface area contributed by atoms with Crippen molar-refractivity contribution < 1.29 is 18.3 Å². The molecule has 8 heteroatoms. The fourth-order valence-electron chi connectivity index (χ4n) is 0.795. The number of carbonyl (C=O) groups is 1. The van der Waals surface area contributed by atoms with Crippen LogP contribution in [0.4, 0.5) is 0 Å². The summed E-state index contributed by atoms with van der Waals surface area (Å²) in [5.41, 5.74) is 3.50. The molecular formula is C6H14N2O4S2. The zero-order valence-corrected chi connectivity index (χ0v) is 9.61. The van der Waals surface area contributed by atoms with Gasteiger partial charge in [0.05, 0.1) is 6.26 Å². The second-order valence-corrected chi connectivity index (χ2v) is 5.63. The van der Waals surface area contributed by atoms with Gasteiger partial charge in [-0.15, -0.1) is 0 Å². The molecular weight excluding hydrogens is 228 g/mol. The predicted octanol–water partition coefficient (Wildman–Crippen LogP) is -0.972. The summed E-state index contributed by atoms with van der Waals surface area (Å²) in [7, 11) is -3.62. The number of sulfonamides is 1. The van der Waals surface area contributed by atoms with Crippen LogP contribution in [0.5, 0.6) is 0 Å². The minimum absolute atomic E-state index is 0.0383. The molecule has 0 rings (SSSR count). The monoisotopic (exact) mass is 242 g/mol. The van der Waals surface area contributed by atoms with Gasteiger partial charge in [0.25, 0.3) is 0 Å². The largest absolute Gasteiger partial charge is 0.479 e. The summed E-state index contributed by atoms with van der Waals surface area (Å²) < 4.78 is 23.6. The lowest BCUT2D eigenvalue weighted by Gasteiger charge is -2.24. The number of hydrogen-bond acceptors (Lipinski definition) is 5. The molecule has 84 valence electrons. The van der Waals surface area contributed by atoms with Crippen LogP contribution in [-0.2, 0) is 14.8 Å². The summed E-state index contributed by atoms with van der Waals surface area (Å²) in [6.07, 6.45) is 2.69. The molecule has 0 heterocycles. The first kappa shape index (κ1) is 13.7. The van der Waals surface area contributed by atoms with E-state index in [2.05, 4.69) is 0 Å². The number of thioether (sulfide) groups is 1. The molecule has 0 aliphatic heterocycles. The Labute approximate surface area is 87.3 Å². The van der Waals surface area contributed by atoms with Crippen molar-refractivity contribution in [1.29, 1.82) is 0 Å². The SMILES string of the molecule is CSCCC(N)(NS(C)(=O)=O)C(=O)O. The van der Waals surface area contributed by atoms with E-state index in [1.807, 2.05) is 4.72 Å². The topological polar surface area (TPSA) is 109 Å². The van der Waals surface area contributed by atoms with Crippen molar-refractivity contribution in [1.82, 2.24) is 4.72 Å². The maximum absolute atomic E-state index is 10.9. The Morgan fingerprint density at radius 2 is 2.14 bits per heavy atom. The van der Waals surface area contributed by atoms with E-state index in [-0.39, 0.29) is 6.42 Å². The highest BCUT2D eigenvalue weighted by atomic mass is 32.2. The minimum Gasteiger partial charge on any atom is -0.479 e. The van der Waals surface area contributed by atoms with E-state index in [4.69, 9.17) is 10.8 Å². The normalized spacial score (nSPS) is 16.2. The predicted molar refractivity (Wildman–Crippen MR) is 55.5 cm³/mol. The van der Waals surface area contributed by atoms with E-state index in [0.717, 1.165) is 6.26 Å². The van der Waals surface area contributed by atoms with Gasteiger partial charge in [0.1, 0.15) is 0 Å². The number of nitrogens with one attached hydrogen (secondary N) is 1. The average Bonchev–Trinajstić information content (AvgIpc) is 1.97. The van der Waals surface area contributed by atoms with Gasteiger partial charge in [0.2, 0.25) is 10.0 Å². The fourth-order valence-corrected chi connectivity index (χ4v) is 2.17. The molecule has 6 nitrogen and oxygen atoms in total. The quantitative estimate of drug-likeness (QED) is 0.517. The Bertz CT molecular complexity index is 303. The van der Waals surface area contributed by atoms with Gasteiger partial charge in [0, 0.05) is 0 Å². The number of aliphatic carboxylic acids is 1. The summed E-state index contributed by atoms with van der Waals surface area (Å²) in [5.74, 6) is -0.914. The van der Waals surface area contributed by atoms with E-state index in [0.29, 0.717) is 5.75 Å². The van der Waals surface area contributed by atoms with Gasteiger partial charge >= 0.3 is 5.97 Å².